The van der Waals surface area contributed by atoms with Crippen LogP contribution in [0.25, 0.3) is 6.08 Å². The lowest BCUT2D eigenvalue weighted by Crippen LogP contribution is -2.32. The molecule has 21 heavy (non-hydrogen) atoms. The molecule has 0 unspecified atom stereocenters. The van der Waals surface area contributed by atoms with E-state index in [4.69, 9.17) is 14.9 Å². The van der Waals surface area contributed by atoms with E-state index in [0.717, 1.165) is 11.6 Å². The van der Waals surface area contributed by atoms with Crippen molar-refractivity contribution in [3.63, 3.8) is 0 Å². The van der Waals surface area contributed by atoms with Crippen LogP contribution in [0.1, 0.15) is 12.0 Å². The highest BCUT2D eigenvalue weighted by molar-refractivity contribution is 5.85. The summed E-state index contributed by atoms with van der Waals surface area (Å²) < 4.78 is 5.76. The zero-order chi connectivity index (χ0) is 15.4. The summed E-state index contributed by atoms with van der Waals surface area (Å²) in [6, 6.07) is 6.49. The van der Waals surface area contributed by atoms with E-state index in [1.54, 1.807) is 36.2 Å². The van der Waals surface area contributed by atoms with Crippen LogP contribution < -0.4 is 4.74 Å². The number of rotatable bonds is 5. The summed E-state index contributed by atoms with van der Waals surface area (Å²) in [5, 5.41) is 17.6. The molecule has 0 radical (unpaired) electrons. The van der Waals surface area contributed by atoms with Gasteiger partial charge in [0.1, 0.15) is 17.9 Å². The van der Waals surface area contributed by atoms with Crippen LogP contribution in [0.3, 0.4) is 0 Å². The van der Waals surface area contributed by atoms with E-state index in [1.807, 2.05) is 0 Å². The quantitative estimate of drug-likeness (QED) is 0.796. The molecule has 2 rings (SSSR count). The van der Waals surface area contributed by atoms with Crippen molar-refractivity contribution in [3.8, 4) is 5.75 Å². The molecule has 1 aromatic carbocycles. The first kappa shape index (κ1) is 15.1. The van der Waals surface area contributed by atoms with Crippen molar-refractivity contribution in [2.45, 2.75) is 18.6 Å². The van der Waals surface area contributed by atoms with Gasteiger partial charge in [-0.25, -0.2) is 4.79 Å². The van der Waals surface area contributed by atoms with Crippen molar-refractivity contribution < 1.29 is 24.5 Å². The Hall–Kier alpha value is -2.34. The van der Waals surface area contributed by atoms with Crippen molar-refractivity contribution in [1.29, 1.82) is 0 Å². The van der Waals surface area contributed by atoms with Crippen LogP contribution in [0, 0.1) is 0 Å². The van der Waals surface area contributed by atoms with Gasteiger partial charge in [0, 0.05) is 19.0 Å². The Morgan fingerprint density at radius 2 is 1.95 bits per heavy atom. The molecule has 6 nitrogen and oxygen atoms in total. The van der Waals surface area contributed by atoms with E-state index >= 15 is 0 Å². The summed E-state index contributed by atoms with van der Waals surface area (Å²) in [7, 11) is 1.77. The first-order chi connectivity index (χ1) is 9.95. The van der Waals surface area contributed by atoms with Gasteiger partial charge in [-0.1, -0.05) is 12.1 Å². The molecule has 0 saturated carbocycles. The molecule has 0 spiro atoms. The van der Waals surface area contributed by atoms with Gasteiger partial charge >= 0.3 is 11.9 Å². The maximum Gasteiger partial charge on any atom is 0.328 e. The van der Waals surface area contributed by atoms with Crippen LogP contribution in [-0.4, -0.2) is 52.8 Å². The Morgan fingerprint density at radius 1 is 1.29 bits per heavy atom. The van der Waals surface area contributed by atoms with Crippen LogP contribution in [0.15, 0.2) is 30.3 Å². The van der Waals surface area contributed by atoms with Gasteiger partial charge in [-0.2, -0.15) is 0 Å². The third-order valence-corrected chi connectivity index (χ3v) is 3.40. The fourth-order valence-corrected chi connectivity index (χ4v) is 2.34. The molecule has 1 fully saturated rings. The lowest BCUT2D eigenvalue weighted by atomic mass is 10.2. The zero-order valence-electron chi connectivity index (χ0n) is 11.6. The van der Waals surface area contributed by atoms with Gasteiger partial charge in [-0.15, -0.1) is 0 Å². The maximum atomic E-state index is 11.0. The Balaban J connectivity index is 1.95. The number of hydrogen-bond acceptors (Lipinski definition) is 4. The topological polar surface area (TPSA) is 87.1 Å². The van der Waals surface area contributed by atoms with Crippen LogP contribution in [0.4, 0.5) is 0 Å². The third kappa shape index (κ3) is 4.06. The molecule has 1 heterocycles. The number of carboxylic acid groups (broad SMARTS) is 2. The lowest BCUT2D eigenvalue weighted by Gasteiger charge is -2.13. The number of nitrogens with zero attached hydrogens (tertiary/aromatic N) is 1. The second-order valence-corrected chi connectivity index (χ2v) is 5.01. The first-order valence-electron chi connectivity index (χ1n) is 6.56. The number of ether oxygens (including phenoxy) is 1. The summed E-state index contributed by atoms with van der Waals surface area (Å²) >= 11 is 0. The average molecular weight is 291 g/mol. The standard InChI is InChI=1S/C15H17NO5/c1-16-9-12(8-13(16)15(19)20)21-11-5-2-10(3-6-11)4-7-14(17)18/h2-7,12-13H,8-9H2,1H3,(H,17,18)(H,19,20)/b7-4+/t12-,13+/m1/s1. The number of aliphatic carboxylic acids is 2. The predicted molar refractivity (Wildman–Crippen MR) is 76.2 cm³/mol. The molecule has 0 amide bonds. The molecular weight excluding hydrogens is 274 g/mol. The van der Waals surface area contributed by atoms with E-state index in [1.165, 1.54) is 6.08 Å². The van der Waals surface area contributed by atoms with Gasteiger partial charge in [-0.05, 0) is 30.8 Å². The molecule has 6 heteroatoms. The molecule has 1 aliphatic heterocycles. The van der Waals surface area contributed by atoms with Gasteiger partial charge in [0.2, 0.25) is 0 Å². The van der Waals surface area contributed by atoms with Crippen LogP contribution >= 0.6 is 0 Å². The van der Waals surface area contributed by atoms with Gasteiger partial charge in [0.15, 0.2) is 0 Å². The lowest BCUT2D eigenvalue weighted by molar-refractivity contribution is -0.141. The van der Waals surface area contributed by atoms with Crippen LogP contribution in [0.5, 0.6) is 5.75 Å². The number of hydrogen-bond donors (Lipinski definition) is 2. The van der Waals surface area contributed by atoms with E-state index < -0.39 is 18.0 Å². The normalized spacial score (nSPS) is 22.5. The van der Waals surface area contributed by atoms with E-state index in [0.29, 0.717) is 18.7 Å². The minimum atomic E-state index is -0.996. The van der Waals surface area contributed by atoms with Crippen LogP contribution in [0.2, 0.25) is 0 Å². The third-order valence-electron chi connectivity index (χ3n) is 3.40. The molecule has 0 aromatic heterocycles. The van der Waals surface area contributed by atoms with Crippen molar-refractivity contribution in [1.82, 2.24) is 4.90 Å². The average Bonchev–Trinajstić information content (AvgIpc) is 2.79. The van der Waals surface area contributed by atoms with E-state index in [-0.39, 0.29) is 6.10 Å². The summed E-state index contributed by atoms with van der Waals surface area (Å²) in [6.07, 6.45) is 2.86. The van der Waals surface area contributed by atoms with E-state index in [2.05, 4.69) is 0 Å². The predicted octanol–water partition coefficient (Wildman–Crippen LogP) is 1.32. The molecule has 1 aromatic rings. The molecule has 1 aliphatic rings. The second kappa shape index (κ2) is 6.41. The summed E-state index contributed by atoms with van der Waals surface area (Å²) in [5.41, 5.74) is 0.761. The van der Waals surface area contributed by atoms with Crippen molar-refractivity contribution in [2.75, 3.05) is 13.6 Å². The number of carboxylic acids is 2. The fourth-order valence-electron chi connectivity index (χ4n) is 2.34. The Bertz CT molecular complexity index is 552. The largest absolute Gasteiger partial charge is 0.489 e. The molecule has 0 aliphatic carbocycles. The van der Waals surface area contributed by atoms with Crippen molar-refractivity contribution in [3.05, 3.63) is 35.9 Å². The highest BCUT2D eigenvalue weighted by atomic mass is 16.5. The first-order valence-corrected chi connectivity index (χ1v) is 6.56. The zero-order valence-corrected chi connectivity index (χ0v) is 11.6. The van der Waals surface area contributed by atoms with Gasteiger partial charge < -0.3 is 14.9 Å². The summed E-state index contributed by atoms with van der Waals surface area (Å²) in [5.74, 6) is -1.19. The molecule has 1 saturated heterocycles. The highest BCUT2D eigenvalue weighted by Crippen LogP contribution is 2.22. The number of likely N-dealkylation sites (tertiary alicyclic amines) is 1. The van der Waals surface area contributed by atoms with Crippen LogP contribution in [-0.2, 0) is 9.59 Å². The smallest absolute Gasteiger partial charge is 0.328 e. The summed E-state index contributed by atoms with van der Waals surface area (Å²) in [6.45, 7) is 0.567. The Morgan fingerprint density at radius 3 is 2.48 bits per heavy atom. The SMILES string of the molecule is CN1C[C@H](Oc2ccc(/C=C/C(=O)O)cc2)C[C@H]1C(=O)O. The number of benzene rings is 1. The Kier molecular flexibility index (Phi) is 4.59. The van der Waals surface area contributed by atoms with E-state index in [9.17, 15) is 9.59 Å². The molecular formula is C15H17NO5. The second-order valence-electron chi connectivity index (χ2n) is 5.01. The highest BCUT2D eigenvalue weighted by Gasteiger charge is 2.35. The monoisotopic (exact) mass is 291 g/mol. The molecule has 2 atom stereocenters. The minimum absolute atomic E-state index is 0.156. The molecule has 0 bridgehead atoms. The van der Waals surface area contributed by atoms with Crippen molar-refractivity contribution in [2.24, 2.45) is 0 Å². The molecule has 2 N–H and O–H groups in total. The fraction of sp³-hybridized carbons (Fsp3) is 0.333. The molecule has 112 valence electrons. The number of likely N-dealkylation sites (N-methyl/N-ethyl adjacent to an activating group) is 1. The maximum absolute atomic E-state index is 11.0. The van der Waals surface area contributed by atoms with Gasteiger partial charge in [0.05, 0.1) is 0 Å². The Labute approximate surface area is 122 Å². The van der Waals surface area contributed by atoms with Gasteiger partial charge in [0.25, 0.3) is 0 Å². The number of carbonyl (C=O) groups is 2. The van der Waals surface area contributed by atoms with Gasteiger partial charge in [-0.3, -0.25) is 9.69 Å². The summed E-state index contributed by atoms with van der Waals surface area (Å²) in [4.78, 5) is 23.2. The minimum Gasteiger partial charge on any atom is -0.489 e. The van der Waals surface area contributed by atoms with Crippen molar-refractivity contribution >= 4 is 18.0 Å².